The maximum absolute atomic E-state index is 12.5. The summed E-state index contributed by atoms with van der Waals surface area (Å²) in [7, 11) is 0. The van der Waals surface area contributed by atoms with Crippen LogP contribution in [0.4, 0.5) is 22.7 Å². The first-order valence-corrected chi connectivity index (χ1v) is 9.70. The standard InChI is InChI=1S/C22H21ClN4O/c23-16-3-5-18(6-4-16)26-22(28)21-15-19(11-12-24-21)25-17-7-9-20(10-8-17)27-13-1-2-14-27/h3-12,15H,1-2,13-14H2,(H,24,25)(H,26,28). The van der Waals surface area contributed by atoms with E-state index in [1.165, 1.54) is 18.5 Å². The molecule has 0 unspecified atom stereocenters. The normalized spacial score (nSPS) is 13.4. The Bertz CT molecular complexity index is 951. The van der Waals surface area contributed by atoms with Gasteiger partial charge in [-0.2, -0.15) is 0 Å². The molecule has 2 heterocycles. The summed E-state index contributed by atoms with van der Waals surface area (Å²) in [6.07, 6.45) is 4.15. The third-order valence-electron chi connectivity index (χ3n) is 4.72. The van der Waals surface area contributed by atoms with Crippen LogP contribution in [0.3, 0.4) is 0 Å². The van der Waals surface area contributed by atoms with Gasteiger partial charge in [-0.25, -0.2) is 0 Å². The second-order valence-corrected chi connectivity index (χ2v) is 7.19. The van der Waals surface area contributed by atoms with Crippen LogP contribution < -0.4 is 15.5 Å². The lowest BCUT2D eigenvalue weighted by molar-refractivity contribution is 0.102. The topological polar surface area (TPSA) is 57.3 Å². The number of carbonyl (C=O) groups is 1. The fourth-order valence-corrected chi connectivity index (χ4v) is 3.38. The summed E-state index contributed by atoms with van der Waals surface area (Å²) in [6, 6.07) is 18.9. The van der Waals surface area contributed by atoms with Gasteiger partial charge in [-0.15, -0.1) is 0 Å². The zero-order chi connectivity index (χ0) is 19.3. The fraction of sp³-hybridized carbons (Fsp3) is 0.182. The Hall–Kier alpha value is -3.05. The number of benzene rings is 2. The molecule has 0 atom stereocenters. The van der Waals surface area contributed by atoms with E-state index in [9.17, 15) is 4.79 Å². The molecule has 5 nitrogen and oxygen atoms in total. The fourth-order valence-electron chi connectivity index (χ4n) is 3.26. The molecule has 0 saturated carbocycles. The Morgan fingerprint density at radius 3 is 2.29 bits per heavy atom. The monoisotopic (exact) mass is 392 g/mol. The molecule has 3 aromatic rings. The van der Waals surface area contributed by atoms with E-state index < -0.39 is 0 Å². The number of aromatic nitrogens is 1. The summed E-state index contributed by atoms with van der Waals surface area (Å²) in [6.45, 7) is 2.26. The number of nitrogens with zero attached hydrogens (tertiary/aromatic N) is 2. The molecule has 4 rings (SSSR count). The molecule has 6 heteroatoms. The molecule has 0 aliphatic carbocycles. The van der Waals surface area contributed by atoms with Crippen molar-refractivity contribution in [2.75, 3.05) is 28.6 Å². The lowest BCUT2D eigenvalue weighted by Crippen LogP contribution is -2.17. The molecule has 0 spiro atoms. The molecule has 0 radical (unpaired) electrons. The summed E-state index contributed by atoms with van der Waals surface area (Å²) >= 11 is 5.87. The van der Waals surface area contributed by atoms with Crippen molar-refractivity contribution in [2.45, 2.75) is 12.8 Å². The van der Waals surface area contributed by atoms with Crippen LogP contribution in [0, 0.1) is 0 Å². The number of anilines is 4. The van der Waals surface area contributed by atoms with Crippen molar-refractivity contribution in [3.05, 3.63) is 77.6 Å². The highest BCUT2D eigenvalue weighted by Crippen LogP contribution is 2.24. The first kappa shape index (κ1) is 18.3. The quantitative estimate of drug-likeness (QED) is 0.616. The second-order valence-electron chi connectivity index (χ2n) is 6.76. The predicted octanol–water partition coefficient (Wildman–Crippen LogP) is 5.33. The summed E-state index contributed by atoms with van der Waals surface area (Å²) in [5.74, 6) is -0.268. The third kappa shape index (κ3) is 4.43. The van der Waals surface area contributed by atoms with Crippen LogP contribution >= 0.6 is 11.6 Å². The molecule has 1 aromatic heterocycles. The van der Waals surface area contributed by atoms with Gasteiger partial charge in [-0.05, 0) is 73.5 Å². The highest BCUT2D eigenvalue weighted by Gasteiger charge is 2.12. The second kappa shape index (κ2) is 8.31. The Kier molecular flexibility index (Phi) is 5.44. The predicted molar refractivity (Wildman–Crippen MR) is 115 cm³/mol. The molecular formula is C22H21ClN4O. The Balaban J connectivity index is 1.43. The maximum atomic E-state index is 12.5. The number of hydrogen-bond acceptors (Lipinski definition) is 4. The zero-order valence-electron chi connectivity index (χ0n) is 15.4. The van der Waals surface area contributed by atoms with E-state index >= 15 is 0 Å². The average molecular weight is 393 g/mol. The molecule has 0 bridgehead atoms. The molecule has 1 saturated heterocycles. The summed E-state index contributed by atoms with van der Waals surface area (Å²) in [5.41, 5.74) is 4.05. The van der Waals surface area contributed by atoms with Gasteiger partial charge in [-0.1, -0.05) is 11.6 Å². The number of amides is 1. The lowest BCUT2D eigenvalue weighted by atomic mass is 10.2. The van der Waals surface area contributed by atoms with Crippen molar-refractivity contribution in [1.29, 1.82) is 0 Å². The first-order valence-electron chi connectivity index (χ1n) is 9.32. The van der Waals surface area contributed by atoms with E-state index in [1.54, 1.807) is 36.5 Å². The molecule has 1 fully saturated rings. The highest BCUT2D eigenvalue weighted by atomic mass is 35.5. The minimum absolute atomic E-state index is 0.268. The van der Waals surface area contributed by atoms with Crippen molar-refractivity contribution >= 4 is 40.3 Å². The molecule has 1 aliphatic heterocycles. The molecular weight excluding hydrogens is 372 g/mol. The molecule has 2 N–H and O–H groups in total. The summed E-state index contributed by atoms with van der Waals surface area (Å²) in [5, 5.41) is 6.78. The van der Waals surface area contributed by atoms with E-state index in [0.29, 0.717) is 16.4 Å². The smallest absolute Gasteiger partial charge is 0.274 e. The van der Waals surface area contributed by atoms with Gasteiger partial charge in [0.1, 0.15) is 5.69 Å². The Morgan fingerprint density at radius 2 is 1.57 bits per heavy atom. The van der Waals surface area contributed by atoms with Gasteiger partial charge in [0.05, 0.1) is 0 Å². The minimum atomic E-state index is -0.268. The number of carbonyl (C=O) groups excluding carboxylic acids is 1. The van der Waals surface area contributed by atoms with E-state index in [4.69, 9.17) is 11.6 Å². The number of halogens is 1. The minimum Gasteiger partial charge on any atom is -0.372 e. The van der Waals surface area contributed by atoms with Gasteiger partial charge >= 0.3 is 0 Å². The summed E-state index contributed by atoms with van der Waals surface area (Å²) < 4.78 is 0. The lowest BCUT2D eigenvalue weighted by Gasteiger charge is -2.18. The maximum Gasteiger partial charge on any atom is 0.274 e. The molecule has 142 valence electrons. The third-order valence-corrected chi connectivity index (χ3v) is 4.97. The Morgan fingerprint density at radius 1 is 0.893 bits per heavy atom. The van der Waals surface area contributed by atoms with E-state index in [-0.39, 0.29) is 5.91 Å². The van der Waals surface area contributed by atoms with Crippen molar-refractivity contribution in [1.82, 2.24) is 4.98 Å². The molecule has 2 aromatic carbocycles. The van der Waals surface area contributed by atoms with Crippen LogP contribution in [0.2, 0.25) is 5.02 Å². The van der Waals surface area contributed by atoms with Crippen molar-refractivity contribution in [3.63, 3.8) is 0 Å². The van der Waals surface area contributed by atoms with Gasteiger partial charge < -0.3 is 15.5 Å². The number of rotatable bonds is 5. The molecule has 1 aliphatic rings. The highest BCUT2D eigenvalue weighted by molar-refractivity contribution is 6.30. The van der Waals surface area contributed by atoms with Crippen LogP contribution in [-0.4, -0.2) is 24.0 Å². The van der Waals surface area contributed by atoms with Gasteiger partial charge in [0.15, 0.2) is 0 Å². The van der Waals surface area contributed by atoms with Gasteiger partial charge in [0.2, 0.25) is 0 Å². The average Bonchev–Trinajstić information content (AvgIpc) is 3.25. The molecule has 28 heavy (non-hydrogen) atoms. The van der Waals surface area contributed by atoms with Gasteiger partial charge in [0, 0.05) is 47.1 Å². The SMILES string of the molecule is O=C(Nc1ccc(Cl)cc1)c1cc(Nc2ccc(N3CCCC3)cc2)ccn1. The van der Waals surface area contributed by atoms with Crippen LogP contribution in [0.1, 0.15) is 23.3 Å². The van der Waals surface area contributed by atoms with Gasteiger partial charge in [-0.3, -0.25) is 9.78 Å². The summed E-state index contributed by atoms with van der Waals surface area (Å²) in [4.78, 5) is 19.0. The first-order chi connectivity index (χ1) is 13.7. The van der Waals surface area contributed by atoms with Crippen LogP contribution in [0.25, 0.3) is 0 Å². The van der Waals surface area contributed by atoms with Crippen molar-refractivity contribution in [3.8, 4) is 0 Å². The van der Waals surface area contributed by atoms with Crippen LogP contribution in [-0.2, 0) is 0 Å². The number of hydrogen-bond donors (Lipinski definition) is 2. The molecule has 1 amide bonds. The number of nitrogens with one attached hydrogen (secondary N) is 2. The van der Waals surface area contributed by atoms with Gasteiger partial charge in [0.25, 0.3) is 5.91 Å². The van der Waals surface area contributed by atoms with E-state index in [0.717, 1.165) is 24.5 Å². The zero-order valence-corrected chi connectivity index (χ0v) is 16.1. The van der Waals surface area contributed by atoms with Crippen molar-refractivity contribution < 1.29 is 4.79 Å². The largest absolute Gasteiger partial charge is 0.372 e. The van der Waals surface area contributed by atoms with Crippen LogP contribution in [0.15, 0.2) is 66.9 Å². The van der Waals surface area contributed by atoms with E-state index in [1.807, 2.05) is 6.07 Å². The van der Waals surface area contributed by atoms with Crippen LogP contribution in [0.5, 0.6) is 0 Å². The Labute approximate surface area is 169 Å². The van der Waals surface area contributed by atoms with E-state index in [2.05, 4.69) is 44.8 Å². The number of pyridine rings is 1. The van der Waals surface area contributed by atoms with Crippen molar-refractivity contribution in [2.24, 2.45) is 0 Å².